The highest BCUT2D eigenvalue weighted by Crippen LogP contribution is 2.26. The van der Waals surface area contributed by atoms with Crippen LogP contribution in [0, 0.1) is 12.7 Å². The topological polar surface area (TPSA) is 55.4 Å². The zero-order valence-corrected chi connectivity index (χ0v) is 11.9. The zero-order chi connectivity index (χ0) is 14.8. The first-order valence-corrected chi connectivity index (χ1v) is 7.34. The van der Waals surface area contributed by atoms with Gasteiger partial charge in [-0.2, -0.15) is 0 Å². The van der Waals surface area contributed by atoms with E-state index in [0.29, 0.717) is 11.4 Å². The fourth-order valence-electron chi connectivity index (χ4n) is 1.72. The van der Waals surface area contributed by atoms with Gasteiger partial charge in [-0.15, -0.1) is 0 Å². The summed E-state index contributed by atoms with van der Waals surface area (Å²) in [6.45, 7) is 1.51. The minimum Gasteiger partial charge on any atom is -0.495 e. The number of anilines is 1. The summed E-state index contributed by atoms with van der Waals surface area (Å²) in [5, 5.41) is 0. The fourth-order valence-corrected chi connectivity index (χ4v) is 2.87. The molecule has 2 rings (SSSR count). The molecule has 0 aromatic heterocycles. The molecule has 0 saturated heterocycles. The number of para-hydroxylation sites is 2. The van der Waals surface area contributed by atoms with Crippen LogP contribution >= 0.6 is 0 Å². The van der Waals surface area contributed by atoms with Gasteiger partial charge in [0.15, 0.2) is 0 Å². The third-order valence-corrected chi connectivity index (χ3v) is 4.15. The van der Waals surface area contributed by atoms with Gasteiger partial charge in [0.2, 0.25) is 0 Å². The Hall–Kier alpha value is -2.08. The van der Waals surface area contributed by atoms with Gasteiger partial charge in [-0.25, -0.2) is 12.8 Å². The summed E-state index contributed by atoms with van der Waals surface area (Å²) in [6.07, 6.45) is 0. The number of ether oxygens (including phenoxy) is 1. The van der Waals surface area contributed by atoms with E-state index in [1.54, 1.807) is 24.3 Å². The van der Waals surface area contributed by atoms with Crippen molar-refractivity contribution in [2.24, 2.45) is 0 Å². The summed E-state index contributed by atoms with van der Waals surface area (Å²) in [4.78, 5) is 0.00214. The molecule has 1 N–H and O–H groups in total. The van der Waals surface area contributed by atoms with Gasteiger partial charge in [0, 0.05) is 0 Å². The fraction of sp³-hybridized carbons (Fsp3) is 0.143. The molecule has 20 heavy (non-hydrogen) atoms. The molecule has 0 aliphatic heterocycles. The second-order valence-electron chi connectivity index (χ2n) is 4.22. The average molecular weight is 295 g/mol. The minimum atomic E-state index is -3.78. The molecule has 0 aliphatic carbocycles. The highest BCUT2D eigenvalue weighted by atomic mass is 32.2. The first-order valence-electron chi connectivity index (χ1n) is 5.86. The molecular weight excluding hydrogens is 281 g/mol. The van der Waals surface area contributed by atoms with Crippen molar-refractivity contribution in [2.75, 3.05) is 11.8 Å². The number of benzene rings is 2. The molecule has 0 amide bonds. The maximum absolute atomic E-state index is 13.2. The Labute approximate surface area is 117 Å². The summed E-state index contributed by atoms with van der Waals surface area (Å²) in [7, 11) is -2.33. The highest BCUT2D eigenvalue weighted by molar-refractivity contribution is 7.92. The van der Waals surface area contributed by atoms with Gasteiger partial charge in [-0.1, -0.05) is 12.1 Å². The molecule has 0 unspecified atom stereocenters. The summed E-state index contributed by atoms with van der Waals surface area (Å²) in [5.74, 6) is -0.0313. The van der Waals surface area contributed by atoms with Crippen molar-refractivity contribution in [2.45, 2.75) is 11.8 Å². The maximum atomic E-state index is 13.2. The number of rotatable bonds is 4. The number of sulfonamides is 1. The second kappa shape index (κ2) is 5.50. The van der Waals surface area contributed by atoms with Crippen molar-refractivity contribution in [3.63, 3.8) is 0 Å². The minimum absolute atomic E-state index is 0.00214. The molecule has 2 aromatic carbocycles. The molecule has 2 aromatic rings. The predicted octanol–water partition coefficient (Wildman–Crippen LogP) is 2.94. The lowest BCUT2D eigenvalue weighted by Gasteiger charge is -2.12. The van der Waals surface area contributed by atoms with E-state index in [9.17, 15) is 12.8 Å². The van der Waals surface area contributed by atoms with E-state index in [1.807, 2.05) is 0 Å². The highest BCUT2D eigenvalue weighted by Gasteiger charge is 2.17. The smallest absolute Gasteiger partial charge is 0.262 e. The lowest BCUT2D eigenvalue weighted by Crippen LogP contribution is -2.14. The van der Waals surface area contributed by atoms with Gasteiger partial charge in [0.25, 0.3) is 10.0 Å². The second-order valence-corrected chi connectivity index (χ2v) is 5.90. The lowest BCUT2D eigenvalue weighted by atomic mass is 10.2. The lowest BCUT2D eigenvalue weighted by molar-refractivity contribution is 0.417. The van der Waals surface area contributed by atoms with E-state index in [-0.39, 0.29) is 10.5 Å². The largest absolute Gasteiger partial charge is 0.495 e. The molecular formula is C14H14FNO3S. The van der Waals surface area contributed by atoms with Crippen molar-refractivity contribution in [3.05, 3.63) is 53.8 Å². The van der Waals surface area contributed by atoms with Crippen molar-refractivity contribution >= 4 is 15.7 Å². The molecule has 0 heterocycles. The number of hydrogen-bond acceptors (Lipinski definition) is 3. The zero-order valence-electron chi connectivity index (χ0n) is 11.1. The number of hydrogen-bond donors (Lipinski definition) is 1. The maximum Gasteiger partial charge on any atom is 0.262 e. The van der Waals surface area contributed by atoms with Gasteiger partial charge in [0.05, 0.1) is 17.7 Å². The van der Waals surface area contributed by atoms with Crippen molar-refractivity contribution < 1.29 is 17.5 Å². The Kier molecular flexibility index (Phi) is 3.94. The van der Waals surface area contributed by atoms with Crippen LogP contribution in [-0.2, 0) is 10.0 Å². The average Bonchev–Trinajstić information content (AvgIpc) is 2.42. The number of methoxy groups -OCH3 is 1. The van der Waals surface area contributed by atoms with Gasteiger partial charge in [0.1, 0.15) is 11.6 Å². The first kappa shape index (κ1) is 14.3. The molecule has 0 fully saturated rings. The van der Waals surface area contributed by atoms with Gasteiger partial charge < -0.3 is 4.74 Å². The van der Waals surface area contributed by atoms with Gasteiger partial charge in [-0.05, 0) is 42.8 Å². The molecule has 0 aliphatic rings. The van der Waals surface area contributed by atoms with Crippen LogP contribution in [0.15, 0.2) is 47.4 Å². The Morgan fingerprint density at radius 3 is 2.50 bits per heavy atom. The quantitative estimate of drug-likeness (QED) is 0.943. The Morgan fingerprint density at radius 2 is 1.85 bits per heavy atom. The first-order chi connectivity index (χ1) is 9.44. The summed E-state index contributed by atoms with van der Waals surface area (Å²) in [6, 6.07) is 10.3. The molecule has 0 bridgehead atoms. The van der Waals surface area contributed by atoms with Crippen molar-refractivity contribution in [3.8, 4) is 5.75 Å². The van der Waals surface area contributed by atoms with Crippen LogP contribution in [0.4, 0.5) is 10.1 Å². The van der Waals surface area contributed by atoms with Crippen molar-refractivity contribution in [1.29, 1.82) is 0 Å². The van der Waals surface area contributed by atoms with Crippen LogP contribution < -0.4 is 9.46 Å². The third kappa shape index (κ3) is 2.91. The van der Waals surface area contributed by atoms with Crippen LogP contribution in [0.2, 0.25) is 0 Å². The molecule has 0 spiro atoms. The van der Waals surface area contributed by atoms with Crippen LogP contribution in [-0.4, -0.2) is 15.5 Å². The van der Waals surface area contributed by atoms with Gasteiger partial charge in [-0.3, -0.25) is 4.72 Å². The normalized spacial score (nSPS) is 11.2. The molecule has 4 nitrogen and oxygen atoms in total. The number of halogens is 1. The molecule has 106 valence electrons. The van der Waals surface area contributed by atoms with E-state index in [0.717, 1.165) is 6.07 Å². The van der Waals surface area contributed by atoms with Crippen LogP contribution in [0.25, 0.3) is 0 Å². The Balaban J connectivity index is 2.38. The summed E-state index contributed by atoms with van der Waals surface area (Å²) >= 11 is 0. The molecule has 0 atom stereocenters. The monoisotopic (exact) mass is 295 g/mol. The van der Waals surface area contributed by atoms with E-state index in [2.05, 4.69) is 4.72 Å². The van der Waals surface area contributed by atoms with Crippen LogP contribution in [0.5, 0.6) is 5.75 Å². The SMILES string of the molecule is COc1ccccc1NS(=O)(=O)c1ccc(F)c(C)c1. The third-order valence-electron chi connectivity index (χ3n) is 2.79. The standard InChI is InChI=1S/C14H14FNO3S/c1-10-9-11(7-8-12(10)15)20(17,18)16-13-5-3-4-6-14(13)19-2/h3-9,16H,1-2H3. The number of aryl methyl sites for hydroxylation is 1. The summed E-state index contributed by atoms with van der Waals surface area (Å²) in [5.41, 5.74) is 0.602. The van der Waals surface area contributed by atoms with E-state index < -0.39 is 15.8 Å². The molecule has 6 heteroatoms. The number of nitrogens with one attached hydrogen (secondary N) is 1. The Bertz CT molecular complexity index is 729. The van der Waals surface area contributed by atoms with E-state index >= 15 is 0 Å². The molecule has 0 radical (unpaired) electrons. The van der Waals surface area contributed by atoms with Gasteiger partial charge >= 0.3 is 0 Å². The summed E-state index contributed by atoms with van der Waals surface area (Å²) < 4.78 is 45.2. The molecule has 0 saturated carbocycles. The van der Waals surface area contributed by atoms with E-state index in [1.165, 1.54) is 26.2 Å². The van der Waals surface area contributed by atoms with E-state index in [4.69, 9.17) is 4.74 Å². The Morgan fingerprint density at radius 1 is 1.15 bits per heavy atom. The van der Waals surface area contributed by atoms with Crippen LogP contribution in [0.1, 0.15) is 5.56 Å². The van der Waals surface area contributed by atoms with Crippen LogP contribution in [0.3, 0.4) is 0 Å². The van der Waals surface area contributed by atoms with Crippen molar-refractivity contribution in [1.82, 2.24) is 0 Å². The predicted molar refractivity (Wildman–Crippen MR) is 74.9 cm³/mol.